The number of anilines is 1. The van der Waals surface area contributed by atoms with Crippen molar-refractivity contribution in [2.24, 2.45) is 0 Å². The van der Waals surface area contributed by atoms with Gasteiger partial charge in [0.25, 0.3) is 0 Å². The molecule has 1 aliphatic heterocycles. The Hall–Kier alpha value is -2.05. The van der Waals surface area contributed by atoms with Crippen LogP contribution in [0.15, 0.2) is 24.3 Å². The van der Waals surface area contributed by atoms with E-state index in [-0.39, 0.29) is 12.2 Å². The van der Waals surface area contributed by atoms with Crippen LogP contribution >= 0.6 is 0 Å². The van der Waals surface area contributed by atoms with Gasteiger partial charge in [-0.25, -0.2) is 0 Å². The number of halogens is 3. The van der Waals surface area contributed by atoms with Crippen LogP contribution in [0.1, 0.15) is 12.5 Å². The van der Waals surface area contributed by atoms with Gasteiger partial charge in [-0.05, 0) is 19.1 Å². The predicted molar refractivity (Wildman–Crippen MR) is 61.4 cm³/mol. The summed E-state index contributed by atoms with van der Waals surface area (Å²) >= 11 is 0. The topological polar surface area (TPSA) is 49.4 Å². The molecule has 2 rings (SSSR count). The number of hydrogen-bond acceptors (Lipinski definition) is 2. The maximum Gasteiger partial charge on any atom is 0.418 e. The molecule has 1 aromatic rings. The maximum atomic E-state index is 12.9. The Labute approximate surface area is 107 Å². The summed E-state index contributed by atoms with van der Waals surface area (Å²) in [4.78, 5) is 24.2. The van der Waals surface area contributed by atoms with Gasteiger partial charge in [0.15, 0.2) is 0 Å². The van der Waals surface area contributed by atoms with Crippen molar-refractivity contribution in [2.75, 3.05) is 11.4 Å². The van der Waals surface area contributed by atoms with Crippen molar-refractivity contribution in [3.05, 3.63) is 29.8 Å². The van der Waals surface area contributed by atoms with E-state index in [1.54, 1.807) is 0 Å². The largest absolute Gasteiger partial charge is 0.418 e. The molecule has 1 saturated heterocycles. The van der Waals surface area contributed by atoms with E-state index < -0.39 is 29.6 Å². The van der Waals surface area contributed by atoms with Crippen LogP contribution < -0.4 is 10.2 Å². The zero-order valence-corrected chi connectivity index (χ0v) is 9.99. The molecule has 1 heterocycles. The molecule has 4 nitrogen and oxygen atoms in total. The second-order valence-electron chi connectivity index (χ2n) is 4.17. The first-order valence-electron chi connectivity index (χ1n) is 5.58. The van der Waals surface area contributed by atoms with Gasteiger partial charge in [-0.3, -0.25) is 14.5 Å². The summed E-state index contributed by atoms with van der Waals surface area (Å²) in [5.41, 5.74) is -1.22. The average Bonchev–Trinajstić information content (AvgIpc) is 2.34. The van der Waals surface area contributed by atoms with Crippen LogP contribution in [-0.2, 0) is 15.8 Å². The molecular weight excluding hydrogens is 261 g/mol. The summed E-state index contributed by atoms with van der Waals surface area (Å²) in [6, 6.07) is 3.75. The van der Waals surface area contributed by atoms with E-state index in [9.17, 15) is 22.8 Å². The lowest BCUT2D eigenvalue weighted by atomic mass is 10.1. The summed E-state index contributed by atoms with van der Waals surface area (Å²) in [5, 5.41) is 2.33. The quantitative estimate of drug-likeness (QED) is 0.843. The number of carbonyl (C=O) groups is 2. The molecule has 2 amide bonds. The predicted octanol–water partition coefficient (Wildman–Crippen LogP) is 1.56. The molecule has 19 heavy (non-hydrogen) atoms. The monoisotopic (exact) mass is 272 g/mol. The number of nitrogens with one attached hydrogen (secondary N) is 1. The highest BCUT2D eigenvalue weighted by molar-refractivity contribution is 6.06. The van der Waals surface area contributed by atoms with Gasteiger partial charge in [-0.1, -0.05) is 12.1 Å². The molecule has 1 N–H and O–H groups in total. The second kappa shape index (κ2) is 4.56. The van der Waals surface area contributed by atoms with Crippen LogP contribution in [0.5, 0.6) is 0 Å². The Balaban J connectivity index is 2.51. The van der Waals surface area contributed by atoms with Crippen molar-refractivity contribution in [3.8, 4) is 0 Å². The van der Waals surface area contributed by atoms with Gasteiger partial charge >= 0.3 is 6.18 Å². The smallest absolute Gasteiger partial charge is 0.345 e. The summed E-state index contributed by atoms with van der Waals surface area (Å²) in [6.45, 7) is 1.09. The molecular formula is C12H11F3N2O2. The Bertz CT molecular complexity index is 528. The molecule has 1 fully saturated rings. The van der Waals surface area contributed by atoms with E-state index in [1.807, 2.05) is 0 Å². The fraction of sp³-hybridized carbons (Fsp3) is 0.333. The van der Waals surface area contributed by atoms with Crippen LogP contribution in [0.25, 0.3) is 0 Å². The third-order valence-electron chi connectivity index (χ3n) is 2.92. The summed E-state index contributed by atoms with van der Waals surface area (Å²) in [7, 11) is 0. The van der Waals surface area contributed by atoms with Gasteiger partial charge in [0, 0.05) is 0 Å². The normalized spacial score (nSPS) is 20.4. The first-order chi connectivity index (χ1) is 8.82. The average molecular weight is 272 g/mol. The molecule has 0 aliphatic carbocycles. The SMILES string of the molecule is CC1C(=O)NCC(=O)N1c1ccccc1C(F)(F)F. The molecule has 0 saturated carbocycles. The highest BCUT2D eigenvalue weighted by atomic mass is 19.4. The molecule has 1 aromatic carbocycles. The minimum atomic E-state index is -4.58. The lowest BCUT2D eigenvalue weighted by Gasteiger charge is -2.34. The first kappa shape index (κ1) is 13.4. The van der Waals surface area contributed by atoms with E-state index in [4.69, 9.17) is 0 Å². The van der Waals surface area contributed by atoms with Gasteiger partial charge in [0.05, 0.1) is 17.8 Å². The fourth-order valence-corrected chi connectivity index (χ4v) is 2.00. The zero-order valence-electron chi connectivity index (χ0n) is 9.99. The maximum absolute atomic E-state index is 12.9. The van der Waals surface area contributed by atoms with Crippen molar-refractivity contribution in [2.45, 2.75) is 19.1 Å². The van der Waals surface area contributed by atoms with Crippen molar-refractivity contribution >= 4 is 17.5 Å². The number of carbonyl (C=O) groups excluding carboxylic acids is 2. The Morgan fingerprint density at radius 1 is 1.26 bits per heavy atom. The molecule has 7 heteroatoms. The summed E-state index contributed by atoms with van der Waals surface area (Å²) in [5.74, 6) is -1.04. The third-order valence-corrected chi connectivity index (χ3v) is 2.92. The van der Waals surface area contributed by atoms with Gasteiger partial charge in [0.1, 0.15) is 6.04 Å². The number of amides is 2. The van der Waals surface area contributed by atoms with Crippen LogP contribution in [0, 0.1) is 0 Å². The van der Waals surface area contributed by atoms with Crippen LogP contribution in [0.4, 0.5) is 18.9 Å². The number of hydrogen-bond donors (Lipinski definition) is 1. The van der Waals surface area contributed by atoms with E-state index in [0.29, 0.717) is 0 Å². The molecule has 0 radical (unpaired) electrons. The molecule has 102 valence electrons. The molecule has 0 bridgehead atoms. The number of nitrogens with zero attached hydrogens (tertiary/aromatic N) is 1. The van der Waals surface area contributed by atoms with Crippen LogP contribution in [0.3, 0.4) is 0 Å². The molecule has 1 aliphatic rings. The van der Waals surface area contributed by atoms with E-state index in [0.717, 1.165) is 11.0 Å². The Kier molecular flexibility index (Phi) is 3.21. The van der Waals surface area contributed by atoms with E-state index >= 15 is 0 Å². The molecule has 0 aromatic heterocycles. The van der Waals surface area contributed by atoms with E-state index in [2.05, 4.69) is 5.32 Å². The highest BCUT2D eigenvalue weighted by Crippen LogP contribution is 2.37. The first-order valence-corrected chi connectivity index (χ1v) is 5.58. The fourth-order valence-electron chi connectivity index (χ4n) is 2.00. The number of rotatable bonds is 1. The molecule has 0 spiro atoms. The lowest BCUT2D eigenvalue weighted by molar-refractivity contribution is -0.138. The number of piperazine rings is 1. The van der Waals surface area contributed by atoms with Crippen molar-refractivity contribution in [1.82, 2.24) is 5.32 Å². The standard InChI is InChI=1S/C12H11F3N2O2/c1-7-11(19)16-6-10(18)17(7)9-5-3-2-4-8(9)12(13,14)15/h2-5,7H,6H2,1H3,(H,16,19). The molecule has 1 unspecified atom stereocenters. The van der Waals surface area contributed by atoms with Gasteiger partial charge in [-0.2, -0.15) is 13.2 Å². The van der Waals surface area contributed by atoms with Crippen molar-refractivity contribution < 1.29 is 22.8 Å². The van der Waals surface area contributed by atoms with E-state index in [1.165, 1.54) is 25.1 Å². The van der Waals surface area contributed by atoms with Gasteiger partial charge < -0.3 is 5.32 Å². The van der Waals surface area contributed by atoms with Gasteiger partial charge in [0.2, 0.25) is 11.8 Å². The Morgan fingerprint density at radius 3 is 2.53 bits per heavy atom. The van der Waals surface area contributed by atoms with Crippen LogP contribution in [0.2, 0.25) is 0 Å². The van der Waals surface area contributed by atoms with Crippen molar-refractivity contribution in [3.63, 3.8) is 0 Å². The number of para-hydroxylation sites is 1. The Morgan fingerprint density at radius 2 is 1.89 bits per heavy atom. The summed E-state index contributed by atoms with van der Waals surface area (Å²) in [6.07, 6.45) is -4.58. The minimum Gasteiger partial charge on any atom is -0.345 e. The second-order valence-corrected chi connectivity index (χ2v) is 4.17. The number of benzene rings is 1. The highest BCUT2D eigenvalue weighted by Gasteiger charge is 2.39. The van der Waals surface area contributed by atoms with Crippen molar-refractivity contribution in [1.29, 1.82) is 0 Å². The summed E-state index contributed by atoms with van der Waals surface area (Å²) < 4.78 is 38.7. The van der Waals surface area contributed by atoms with Crippen LogP contribution in [-0.4, -0.2) is 24.4 Å². The third kappa shape index (κ3) is 2.40. The minimum absolute atomic E-state index is 0.289. The zero-order chi connectivity index (χ0) is 14.2. The van der Waals surface area contributed by atoms with Gasteiger partial charge in [-0.15, -0.1) is 0 Å². The molecule has 1 atom stereocenters. The number of alkyl halides is 3. The lowest BCUT2D eigenvalue weighted by Crippen LogP contribution is -2.57.